The second-order valence-corrected chi connectivity index (χ2v) is 9.57. The lowest BCUT2D eigenvalue weighted by atomic mass is 9.90. The highest BCUT2D eigenvalue weighted by molar-refractivity contribution is 5.94. The molecule has 6 nitrogen and oxygen atoms in total. The normalized spacial score (nSPS) is 21.9. The Balaban J connectivity index is 1.32. The first kappa shape index (κ1) is 20.7. The van der Waals surface area contributed by atoms with Gasteiger partial charge in [0.1, 0.15) is 0 Å². The molecule has 166 valence electrons. The minimum Gasteiger partial charge on any atom is -0.335 e. The van der Waals surface area contributed by atoms with E-state index in [-0.39, 0.29) is 5.91 Å². The Labute approximate surface area is 185 Å². The molecule has 6 heteroatoms. The average molecular weight is 422 g/mol. The van der Waals surface area contributed by atoms with Crippen molar-refractivity contribution in [3.8, 4) is 0 Å². The van der Waals surface area contributed by atoms with E-state index in [4.69, 9.17) is 5.10 Å². The van der Waals surface area contributed by atoms with Crippen molar-refractivity contribution in [2.75, 3.05) is 33.2 Å². The lowest BCUT2D eigenvalue weighted by Crippen LogP contribution is -2.47. The highest BCUT2D eigenvalue weighted by atomic mass is 16.2. The van der Waals surface area contributed by atoms with Crippen LogP contribution in [0, 0.1) is 0 Å². The third-order valence-corrected chi connectivity index (χ3v) is 7.30. The van der Waals surface area contributed by atoms with Gasteiger partial charge in [-0.15, -0.1) is 0 Å². The van der Waals surface area contributed by atoms with E-state index in [0.717, 1.165) is 71.2 Å². The summed E-state index contributed by atoms with van der Waals surface area (Å²) in [4.78, 5) is 17.7. The number of hydrogen-bond acceptors (Lipinski definition) is 4. The third kappa shape index (κ3) is 4.15. The number of hydrogen-bond donors (Lipinski definition) is 1. The van der Waals surface area contributed by atoms with E-state index in [1.807, 2.05) is 4.90 Å². The van der Waals surface area contributed by atoms with Crippen LogP contribution in [0.1, 0.15) is 52.6 Å². The molecule has 1 amide bonds. The molecule has 0 bridgehead atoms. The minimum atomic E-state index is 0.133. The zero-order chi connectivity index (χ0) is 21.4. The first-order valence-corrected chi connectivity index (χ1v) is 12.0. The number of piperazine rings is 1. The van der Waals surface area contributed by atoms with E-state index >= 15 is 0 Å². The Hall–Kier alpha value is -2.18. The lowest BCUT2D eigenvalue weighted by Gasteiger charge is -2.32. The zero-order valence-corrected chi connectivity index (χ0v) is 18.9. The summed E-state index contributed by atoms with van der Waals surface area (Å²) in [5.74, 6) is 0.133. The Morgan fingerprint density at radius 1 is 1.06 bits per heavy atom. The van der Waals surface area contributed by atoms with Gasteiger partial charge in [-0.05, 0) is 56.7 Å². The Morgan fingerprint density at radius 3 is 2.45 bits per heavy atom. The first-order chi connectivity index (χ1) is 15.1. The van der Waals surface area contributed by atoms with Crippen LogP contribution in [0.3, 0.4) is 0 Å². The molecule has 3 aliphatic rings. The van der Waals surface area contributed by atoms with Gasteiger partial charge in [0.25, 0.3) is 5.91 Å². The number of rotatable bonds is 5. The van der Waals surface area contributed by atoms with Gasteiger partial charge in [-0.2, -0.15) is 5.10 Å². The molecular weight excluding hydrogens is 386 g/mol. The zero-order valence-electron chi connectivity index (χ0n) is 18.9. The van der Waals surface area contributed by atoms with Gasteiger partial charge in [-0.25, -0.2) is 0 Å². The summed E-state index contributed by atoms with van der Waals surface area (Å²) in [6.45, 7) is 6.56. The van der Waals surface area contributed by atoms with Crippen LogP contribution >= 0.6 is 0 Å². The number of carbonyl (C=O) groups is 1. The molecule has 1 saturated heterocycles. The SMILES string of the molecule is CCCn1nc(C(=O)N2CCN(C)CC2)c2c1CCC(NC1Cc3ccccc3C1)C2. The van der Waals surface area contributed by atoms with E-state index < -0.39 is 0 Å². The van der Waals surface area contributed by atoms with Gasteiger partial charge in [0.15, 0.2) is 5.69 Å². The predicted octanol–water partition coefficient (Wildman–Crippen LogP) is 2.30. The Morgan fingerprint density at radius 2 is 1.77 bits per heavy atom. The summed E-state index contributed by atoms with van der Waals surface area (Å²) in [5, 5.41) is 8.79. The molecule has 1 fully saturated rings. The van der Waals surface area contributed by atoms with Gasteiger partial charge in [0.2, 0.25) is 0 Å². The van der Waals surface area contributed by atoms with Crippen LogP contribution in [0.25, 0.3) is 0 Å². The van der Waals surface area contributed by atoms with E-state index in [0.29, 0.717) is 17.8 Å². The fraction of sp³-hybridized carbons (Fsp3) is 0.600. The molecule has 2 aliphatic carbocycles. The van der Waals surface area contributed by atoms with Crippen molar-refractivity contribution in [1.82, 2.24) is 24.9 Å². The summed E-state index contributed by atoms with van der Waals surface area (Å²) in [7, 11) is 2.12. The molecule has 1 aromatic heterocycles. The van der Waals surface area contributed by atoms with E-state index in [1.54, 1.807) is 0 Å². The molecule has 0 radical (unpaired) electrons. The number of aryl methyl sites for hydroxylation is 1. The van der Waals surface area contributed by atoms with Crippen LogP contribution in [0.4, 0.5) is 0 Å². The largest absolute Gasteiger partial charge is 0.335 e. The van der Waals surface area contributed by atoms with Gasteiger partial charge in [0, 0.05) is 56.1 Å². The molecule has 1 aromatic carbocycles. The number of nitrogens with one attached hydrogen (secondary N) is 1. The number of fused-ring (bicyclic) bond motifs is 2. The van der Waals surface area contributed by atoms with Crippen molar-refractivity contribution in [3.63, 3.8) is 0 Å². The highest BCUT2D eigenvalue weighted by Gasteiger charge is 2.33. The second kappa shape index (κ2) is 8.75. The van der Waals surface area contributed by atoms with Crippen molar-refractivity contribution in [2.24, 2.45) is 0 Å². The number of amides is 1. The molecule has 31 heavy (non-hydrogen) atoms. The van der Waals surface area contributed by atoms with E-state index in [2.05, 4.69) is 53.1 Å². The molecule has 1 N–H and O–H groups in total. The standard InChI is InChI=1S/C25H35N5O/c1-3-10-30-23-9-8-20(26-21-15-18-6-4-5-7-19(18)16-21)17-22(23)24(27-30)25(31)29-13-11-28(2)12-14-29/h4-7,20-21,26H,3,8-17H2,1-2H3. The van der Waals surface area contributed by atoms with Gasteiger partial charge in [0.05, 0.1) is 0 Å². The quantitative estimate of drug-likeness (QED) is 0.805. The van der Waals surface area contributed by atoms with Crippen LogP contribution in [-0.4, -0.2) is 70.8 Å². The number of aromatic nitrogens is 2. The third-order valence-electron chi connectivity index (χ3n) is 7.30. The molecule has 0 saturated carbocycles. The number of nitrogens with zero attached hydrogens (tertiary/aromatic N) is 4. The van der Waals surface area contributed by atoms with Gasteiger partial charge >= 0.3 is 0 Å². The number of likely N-dealkylation sites (N-methyl/N-ethyl adjacent to an activating group) is 1. The average Bonchev–Trinajstić information content (AvgIpc) is 3.35. The van der Waals surface area contributed by atoms with Crippen molar-refractivity contribution < 1.29 is 4.79 Å². The van der Waals surface area contributed by atoms with Gasteiger partial charge in [-0.3, -0.25) is 9.48 Å². The fourth-order valence-corrected chi connectivity index (χ4v) is 5.57. The van der Waals surface area contributed by atoms with Crippen molar-refractivity contribution in [2.45, 2.75) is 64.1 Å². The fourth-order valence-electron chi connectivity index (χ4n) is 5.57. The summed E-state index contributed by atoms with van der Waals surface area (Å²) >= 11 is 0. The minimum absolute atomic E-state index is 0.133. The molecular formula is C25H35N5O. The van der Waals surface area contributed by atoms with Crippen molar-refractivity contribution in [1.29, 1.82) is 0 Å². The highest BCUT2D eigenvalue weighted by Crippen LogP contribution is 2.28. The maximum atomic E-state index is 13.4. The summed E-state index contributed by atoms with van der Waals surface area (Å²) in [5.41, 5.74) is 6.19. The first-order valence-electron chi connectivity index (χ1n) is 12.0. The molecule has 1 aliphatic heterocycles. The van der Waals surface area contributed by atoms with E-state index in [1.165, 1.54) is 22.4 Å². The number of benzene rings is 1. The summed E-state index contributed by atoms with van der Waals surface area (Å²) < 4.78 is 2.13. The van der Waals surface area contributed by atoms with Crippen molar-refractivity contribution >= 4 is 5.91 Å². The Bertz CT molecular complexity index is 918. The molecule has 1 atom stereocenters. The summed E-state index contributed by atoms with van der Waals surface area (Å²) in [6, 6.07) is 9.74. The van der Waals surface area contributed by atoms with Crippen LogP contribution in [0.15, 0.2) is 24.3 Å². The topological polar surface area (TPSA) is 53.4 Å². The van der Waals surface area contributed by atoms with Crippen LogP contribution in [0.2, 0.25) is 0 Å². The van der Waals surface area contributed by atoms with Gasteiger partial charge in [-0.1, -0.05) is 31.2 Å². The van der Waals surface area contributed by atoms with Crippen LogP contribution in [-0.2, 0) is 32.2 Å². The van der Waals surface area contributed by atoms with E-state index in [9.17, 15) is 4.79 Å². The van der Waals surface area contributed by atoms with Crippen LogP contribution < -0.4 is 5.32 Å². The number of carbonyl (C=O) groups excluding carboxylic acids is 1. The van der Waals surface area contributed by atoms with Crippen LogP contribution in [0.5, 0.6) is 0 Å². The molecule has 0 spiro atoms. The molecule has 2 heterocycles. The van der Waals surface area contributed by atoms with Crippen molar-refractivity contribution in [3.05, 3.63) is 52.3 Å². The smallest absolute Gasteiger partial charge is 0.274 e. The second-order valence-electron chi connectivity index (χ2n) is 9.57. The molecule has 1 unspecified atom stereocenters. The summed E-state index contributed by atoms with van der Waals surface area (Å²) in [6.07, 6.45) is 6.31. The monoisotopic (exact) mass is 421 g/mol. The lowest BCUT2D eigenvalue weighted by molar-refractivity contribution is 0.0656. The molecule has 5 rings (SSSR count). The maximum absolute atomic E-state index is 13.4. The Kier molecular flexibility index (Phi) is 5.85. The van der Waals surface area contributed by atoms with Gasteiger partial charge < -0.3 is 15.1 Å². The molecule has 2 aromatic rings. The predicted molar refractivity (Wildman–Crippen MR) is 123 cm³/mol. The maximum Gasteiger partial charge on any atom is 0.274 e.